The molecule has 0 saturated heterocycles. The Balaban J connectivity index is 1.96. The van der Waals surface area contributed by atoms with Gasteiger partial charge in [0.05, 0.1) is 6.20 Å². The molecule has 0 aliphatic carbocycles. The molecule has 0 atom stereocenters. The molecule has 0 saturated carbocycles. The van der Waals surface area contributed by atoms with Gasteiger partial charge in [0.2, 0.25) is 10.0 Å². The zero-order valence-corrected chi connectivity index (χ0v) is 14.1. The van der Waals surface area contributed by atoms with Crippen molar-refractivity contribution in [3.05, 3.63) is 48.3 Å². The van der Waals surface area contributed by atoms with Crippen LogP contribution in [0.5, 0.6) is 0 Å². The predicted octanol–water partition coefficient (Wildman–Crippen LogP) is 2.72. The number of rotatable bonds is 7. The largest absolute Gasteiger partial charge is 0.269 e. The summed E-state index contributed by atoms with van der Waals surface area (Å²) in [5.41, 5.74) is 1.22. The van der Waals surface area contributed by atoms with Gasteiger partial charge in [-0.05, 0) is 32.3 Å². The molecule has 0 fully saturated rings. The summed E-state index contributed by atoms with van der Waals surface area (Å²) < 4.78 is 28.0. The predicted molar refractivity (Wildman–Crippen MR) is 87.2 cm³/mol. The summed E-state index contributed by atoms with van der Waals surface area (Å²) in [6.07, 6.45) is 4.67. The summed E-state index contributed by atoms with van der Waals surface area (Å²) in [5.74, 6) is 0. The molecule has 120 valence electrons. The van der Waals surface area contributed by atoms with Gasteiger partial charge in [-0.1, -0.05) is 30.3 Å². The average molecular weight is 321 g/mol. The van der Waals surface area contributed by atoms with Crippen LogP contribution in [0.1, 0.15) is 31.9 Å². The first-order valence-corrected chi connectivity index (χ1v) is 8.89. The third-order valence-corrected chi connectivity index (χ3v) is 5.41. The minimum atomic E-state index is -3.46. The van der Waals surface area contributed by atoms with Gasteiger partial charge in [-0.2, -0.15) is 5.10 Å². The Hall–Kier alpha value is -1.66. The van der Waals surface area contributed by atoms with E-state index in [-0.39, 0.29) is 10.9 Å². The van der Waals surface area contributed by atoms with Crippen LogP contribution in [-0.2, 0) is 16.4 Å². The van der Waals surface area contributed by atoms with Crippen molar-refractivity contribution in [2.75, 3.05) is 13.6 Å². The van der Waals surface area contributed by atoms with E-state index in [4.69, 9.17) is 0 Å². The fourth-order valence-corrected chi connectivity index (χ4v) is 3.34. The molecule has 1 aromatic carbocycles. The molecule has 0 amide bonds. The third-order valence-electron chi connectivity index (χ3n) is 3.60. The van der Waals surface area contributed by atoms with Crippen molar-refractivity contribution in [3.63, 3.8) is 0 Å². The zero-order valence-electron chi connectivity index (χ0n) is 13.3. The van der Waals surface area contributed by atoms with E-state index in [0.717, 1.165) is 12.8 Å². The molecule has 0 radical (unpaired) electrons. The summed E-state index contributed by atoms with van der Waals surface area (Å²) in [7, 11) is -1.84. The molecule has 1 heterocycles. The number of sulfonamides is 1. The Morgan fingerprint density at radius 2 is 1.91 bits per heavy atom. The molecular weight excluding hydrogens is 298 g/mol. The molecule has 0 N–H and O–H groups in total. The quantitative estimate of drug-likeness (QED) is 0.788. The third kappa shape index (κ3) is 3.96. The normalized spacial score (nSPS) is 12.2. The van der Waals surface area contributed by atoms with Crippen molar-refractivity contribution in [1.29, 1.82) is 0 Å². The van der Waals surface area contributed by atoms with Gasteiger partial charge in [0.25, 0.3) is 0 Å². The molecule has 0 unspecified atom stereocenters. The minimum absolute atomic E-state index is 0.146. The van der Waals surface area contributed by atoms with Crippen LogP contribution in [-0.4, -0.2) is 36.1 Å². The molecule has 6 heteroatoms. The maximum atomic E-state index is 12.5. The summed E-state index contributed by atoms with van der Waals surface area (Å²) in [4.78, 5) is 0.253. The van der Waals surface area contributed by atoms with Crippen LogP contribution < -0.4 is 0 Å². The Morgan fingerprint density at radius 1 is 1.23 bits per heavy atom. The topological polar surface area (TPSA) is 55.2 Å². The molecule has 1 aromatic heterocycles. The maximum Gasteiger partial charge on any atom is 0.245 e. The lowest BCUT2D eigenvalue weighted by atomic mass is 10.1. The van der Waals surface area contributed by atoms with Crippen LogP contribution in [0.15, 0.2) is 47.6 Å². The highest BCUT2D eigenvalue weighted by molar-refractivity contribution is 7.89. The number of benzene rings is 1. The van der Waals surface area contributed by atoms with Crippen molar-refractivity contribution in [2.24, 2.45) is 0 Å². The Kier molecular flexibility index (Phi) is 5.37. The highest BCUT2D eigenvalue weighted by Gasteiger charge is 2.22. The Bertz CT molecular complexity index is 693. The standard InChI is InChI=1S/C16H23N3O2S/c1-14(2)19-13-16(12-17-19)22(20,21)18(3)11-7-10-15-8-5-4-6-9-15/h4-6,8-9,12-14H,7,10-11H2,1-3H3. The van der Waals surface area contributed by atoms with Gasteiger partial charge in [-0.15, -0.1) is 0 Å². The van der Waals surface area contributed by atoms with Gasteiger partial charge in [0.15, 0.2) is 0 Å². The van der Waals surface area contributed by atoms with Crippen molar-refractivity contribution < 1.29 is 8.42 Å². The number of nitrogens with zero attached hydrogens (tertiary/aromatic N) is 3. The molecule has 5 nitrogen and oxygen atoms in total. The monoisotopic (exact) mass is 321 g/mol. The SMILES string of the molecule is CC(C)n1cc(S(=O)(=O)N(C)CCCc2ccccc2)cn1. The van der Waals surface area contributed by atoms with Crippen LogP contribution in [0.25, 0.3) is 0 Å². The highest BCUT2D eigenvalue weighted by Crippen LogP contribution is 2.16. The fourth-order valence-electron chi connectivity index (χ4n) is 2.19. The molecular formula is C16H23N3O2S. The Labute approximate surface area is 132 Å². The fraction of sp³-hybridized carbons (Fsp3) is 0.438. The van der Waals surface area contributed by atoms with Crippen LogP contribution in [0.4, 0.5) is 0 Å². The van der Waals surface area contributed by atoms with Gasteiger partial charge >= 0.3 is 0 Å². The van der Waals surface area contributed by atoms with E-state index in [9.17, 15) is 8.42 Å². The molecule has 0 bridgehead atoms. The highest BCUT2D eigenvalue weighted by atomic mass is 32.2. The van der Waals surface area contributed by atoms with Crippen LogP contribution >= 0.6 is 0 Å². The van der Waals surface area contributed by atoms with Gasteiger partial charge in [-0.3, -0.25) is 4.68 Å². The van der Waals surface area contributed by atoms with Crippen LogP contribution in [0.3, 0.4) is 0 Å². The maximum absolute atomic E-state index is 12.5. The Morgan fingerprint density at radius 3 is 2.50 bits per heavy atom. The van der Waals surface area contributed by atoms with Crippen molar-refractivity contribution >= 4 is 10.0 Å². The van der Waals surface area contributed by atoms with Gasteiger partial charge in [-0.25, -0.2) is 12.7 Å². The first-order valence-electron chi connectivity index (χ1n) is 7.45. The minimum Gasteiger partial charge on any atom is -0.269 e. The number of hydrogen-bond acceptors (Lipinski definition) is 3. The van der Waals surface area contributed by atoms with E-state index in [1.54, 1.807) is 17.9 Å². The van der Waals surface area contributed by atoms with Crippen molar-refractivity contribution in [2.45, 2.75) is 37.6 Å². The van der Waals surface area contributed by atoms with E-state index in [2.05, 4.69) is 17.2 Å². The molecule has 2 aromatic rings. The molecule has 0 spiro atoms. The number of aromatic nitrogens is 2. The van der Waals surface area contributed by atoms with Crippen molar-refractivity contribution in [3.8, 4) is 0 Å². The van der Waals surface area contributed by atoms with Gasteiger partial charge < -0.3 is 0 Å². The average Bonchev–Trinajstić information content (AvgIpc) is 2.99. The second-order valence-electron chi connectivity index (χ2n) is 5.67. The lowest BCUT2D eigenvalue weighted by molar-refractivity contribution is 0.461. The summed E-state index contributed by atoms with van der Waals surface area (Å²) in [6.45, 7) is 4.42. The van der Waals surface area contributed by atoms with E-state index < -0.39 is 10.0 Å². The van der Waals surface area contributed by atoms with E-state index in [1.807, 2.05) is 32.0 Å². The first kappa shape index (κ1) is 16.7. The lowest BCUT2D eigenvalue weighted by Crippen LogP contribution is -2.28. The zero-order chi connectivity index (χ0) is 16.2. The smallest absolute Gasteiger partial charge is 0.245 e. The second kappa shape index (κ2) is 7.07. The number of hydrogen-bond donors (Lipinski definition) is 0. The molecule has 2 rings (SSSR count). The van der Waals surface area contributed by atoms with Gasteiger partial charge in [0.1, 0.15) is 4.90 Å². The molecule has 0 aliphatic heterocycles. The molecule has 22 heavy (non-hydrogen) atoms. The van der Waals surface area contributed by atoms with Crippen molar-refractivity contribution in [1.82, 2.24) is 14.1 Å². The van der Waals surface area contributed by atoms with E-state index >= 15 is 0 Å². The lowest BCUT2D eigenvalue weighted by Gasteiger charge is -2.16. The number of aryl methyl sites for hydroxylation is 1. The van der Waals surface area contributed by atoms with Gasteiger partial charge in [0, 0.05) is 25.8 Å². The summed E-state index contributed by atoms with van der Waals surface area (Å²) in [6, 6.07) is 10.2. The summed E-state index contributed by atoms with van der Waals surface area (Å²) >= 11 is 0. The first-order chi connectivity index (χ1) is 10.4. The van der Waals surface area contributed by atoms with E-state index in [0.29, 0.717) is 6.54 Å². The molecule has 0 aliphatic rings. The van der Waals surface area contributed by atoms with Crippen LogP contribution in [0, 0.1) is 0 Å². The van der Waals surface area contributed by atoms with Crippen LogP contribution in [0.2, 0.25) is 0 Å². The van der Waals surface area contributed by atoms with E-state index in [1.165, 1.54) is 16.1 Å². The second-order valence-corrected chi connectivity index (χ2v) is 7.71. The summed E-state index contributed by atoms with van der Waals surface area (Å²) in [5, 5.41) is 4.10.